The smallest absolute Gasteiger partial charge is 0.131 e. The Morgan fingerprint density at radius 3 is 2.53 bits per heavy atom. The molecule has 0 fully saturated rings. The second kappa shape index (κ2) is 6.48. The molecule has 0 aliphatic carbocycles. The molecule has 0 saturated carbocycles. The number of ether oxygens (including phenoxy) is 2. The molecule has 0 bridgehead atoms. The molecule has 0 aliphatic heterocycles. The van der Waals surface area contributed by atoms with Crippen molar-refractivity contribution in [3.63, 3.8) is 0 Å². The molecule has 0 saturated heterocycles. The van der Waals surface area contributed by atoms with Crippen molar-refractivity contribution in [1.82, 2.24) is 0 Å². The first kappa shape index (κ1) is 12.1. The summed E-state index contributed by atoms with van der Waals surface area (Å²) in [6.07, 6.45) is 0. The molecule has 0 amide bonds. The fourth-order valence-electron chi connectivity index (χ4n) is 1.08. The van der Waals surface area contributed by atoms with Crippen molar-refractivity contribution < 1.29 is 18.3 Å². The average Bonchev–Trinajstić information content (AvgIpc) is 2.20. The zero-order valence-corrected chi connectivity index (χ0v) is 8.63. The number of halogens is 2. The van der Waals surface area contributed by atoms with E-state index in [0.717, 1.165) is 6.07 Å². The van der Waals surface area contributed by atoms with Crippen molar-refractivity contribution in [2.24, 2.45) is 0 Å². The van der Waals surface area contributed by atoms with Gasteiger partial charge in [0.1, 0.15) is 11.6 Å². The monoisotopic (exact) mass is 216 g/mol. The summed E-state index contributed by atoms with van der Waals surface area (Å²) in [6.45, 7) is 3.55. The van der Waals surface area contributed by atoms with E-state index in [1.807, 2.05) is 6.92 Å². The van der Waals surface area contributed by atoms with E-state index >= 15 is 0 Å². The summed E-state index contributed by atoms with van der Waals surface area (Å²) in [6, 6.07) is 3.44. The highest BCUT2D eigenvalue weighted by Gasteiger charge is 2.03. The minimum absolute atomic E-state index is 0.138. The van der Waals surface area contributed by atoms with Gasteiger partial charge in [-0.05, 0) is 13.0 Å². The minimum atomic E-state index is -0.578. The SMILES string of the molecule is CCOCCOCc1ccc(F)cc1F. The zero-order valence-electron chi connectivity index (χ0n) is 8.63. The predicted octanol–water partition coefficient (Wildman–Crippen LogP) is 2.52. The third kappa shape index (κ3) is 4.36. The van der Waals surface area contributed by atoms with E-state index < -0.39 is 11.6 Å². The first-order valence-electron chi connectivity index (χ1n) is 4.83. The Morgan fingerprint density at radius 2 is 1.87 bits per heavy atom. The highest BCUT2D eigenvalue weighted by atomic mass is 19.1. The predicted molar refractivity (Wildman–Crippen MR) is 52.5 cm³/mol. The van der Waals surface area contributed by atoms with Crippen LogP contribution in [0.15, 0.2) is 18.2 Å². The molecule has 0 N–H and O–H groups in total. The molecular formula is C11H14F2O2. The van der Waals surface area contributed by atoms with E-state index in [2.05, 4.69) is 0 Å². The molecular weight excluding hydrogens is 202 g/mol. The summed E-state index contributed by atoms with van der Waals surface area (Å²) in [5.41, 5.74) is 0.355. The molecule has 1 rings (SSSR count). The largest absolute Gasteiger partial charge is 0.379 e. The number of benzene rings is 1. The maximum atomic E-state index is 13.1. The molecule has 0 heterocycles. The molecule has 0 aliphatic rings. The molecule has 4 heteroatoms. The van der Waals surface area contributed by atoms with Crippen LogP contribution in [0.2, 0.25) is 0 Å². The normalized spacial score (nSPS) is 10.6. The van der Waals surface area contributed by atoms with Crippen LogP contribution in [0.5, 0.6) is 0 Å². The van der Waals surface area contributed by atoms with Crippen molar-refractivity contribution in [3.05, 3.63) is 35.4 Å². The van der Waals surface area contributed by atoms with Crippen LogP contribution < -0.4 is 0 Å². The Kier molecular flexibility index (Phi) is 5.21. The van der Waals surface area contributed by atoms with E-state index in [1.165, 1.54) is 12.1 Å². The maximum absolute atomic E-state index is 13.1. The average molecular weight is 216 g/mol. The first-order chi connectivity index (χ1) is 7.24. The molecule has 15 heavy (non-hydrogen) atoms. The zero-order chi connectivity index (χ0) is 11.1. The van der Waals surface area contributed by atoms with Gasteiger partial charge in [0.15, 0.2) is 0 Å². The molecule has 84 valence electrons. The molecule has 1 aromatic carbocycles. The molecule has 0 aromatic heterocycles. The lowest BCUT2D eigenvalue weighted by Gasteiger charge is -2.05. The van der Waals surface area contributed by atoms with Crippen LogP contribution in [0.1, 0.15) is 12.5 Å². The van der Waals surface area contributed by atoms with Crippen molar-refractivity contribution in [2.45, 2.75) is 13.5 Å². The van der Waals surface area contributed by atoms with E-state index in [9.17, 15) is 8.78 Å². The first-order valence-corrected chi connectivity index (χ1v) is 4.83. The molecule has 2 nitrogen and oxygen atoms in total. The van der Waals surface area contributed by atoms with Gasteiger partial charge in [0.25, 0.3) is 0 Å². The Morgan fingerprint density at radius 1 is 1.13 bits per heavy atom. The molecule has 0 unspecified atom stereocenters. The van der Waals surface area contributed by atoms with Gasteiger partial charge in [0.2, 0.25) is 0 Å². The topological polar surface area (TPSA) is 18.5 Å². The lowest BCUT2D eigenvalue weighted by Crippen LogP contribution is -2.04. The third-order valence-corrected chi connectivity index (χ3v) is 1.85. The Hall–Kier alpha value is -1.00. The standard InChI is InChI=1S/C11H14F2O2/c1-2-14-5-6-15-8-9-3-4-10(12)7-11(9)13/h3-4,7H,2,5-6,8H2,1H3. The van der Waals surface area contributed by atoms with E-state index in [-0.39, 0.29) is 6.61 Å². The fourth-order valence-corrected chi connectivity index (χ4v) is 1.08. The van der Waals surface area contributed by atoms with Crippen LogP contribution in [0.25, 0.3) is 0 Å². The number of hydrogen-bond donors (Lipinski definition) is 0. The second-order valence-corrected chi connectivity index (χ2v) is 2.99. The lowest BCUT2D eigenvalue weighted by molar-refractivity contribution is 0.0443. The van der Waals surface area contributed by atoms with Crippen LogP contribution in [0.4, 0.5) is 8.78 Å². The van der Waals surface area contributed by atoms with Gasteiger partial charge in [-0.1, -0.05) is 6.07 Å². The van der Waals surface area contributed by atoms with Crippen LogP contribution in [0, 0.1) is 11.6 Å². The maximum Gasteiger partial charge on any atom is 0.131 e. The van der Waals surface area contributed by atoms with Crippen molar-refractivity contribution in [1.29, 1.82) is 0 Å². The summed E-state index contributed by atoms with van der Waals surface area (Å²) >= 11 is 0. The molecule has 0 spiro atoms. The van der Waals surface area contributed by atoms with E-state index in [4.69, 9.17) is 9.47 Å². The number of hydrogen-bond acceptors (Lipinski definition) is 2. The van der Waals surface area contributed by atoms with Crippen LogP contribution in [-0.2, 0) is 16.1 Å². The van der Waals surface area contributed by atoms with Gasteiger partial charge >= 0.3 is 0 Å². The molecule has 0 atom stereocenters. The molecule has 1 aromatic rings. The highest BCUT2D eigenvalue weighted by molar-refractivity contribution is 5.17. The van der Waals surface area contributed by atoms with Gasteiger partial charge in [-0.3, -0.25) is 0 Å². The van der Waals surface area contributed by atoms with Crippen LogP contribution in [0.3, 0.4) is 0 Å². The summed E-state index contributed by atoms with van der Waals surface area (Å²) in [5.74, 6) is -1.16. The Bertz CT molecular complexity index is 303. The number of rotatable bonds is 6. The minimum Gasteiger partial charge on any atom is -0.379 e. The highest BCUT2D eigenvalue weighted by Crippen LogP contribution is 2.10. The summed E-state index contributed by atoms with van der Waals surface area (Å²) in [7, 11) is 0. The Labute approximate surface area is 87.8 Å². The van der Waals surface area contributed by atoms with E-state index in [0.29, 0.717) is 25.4 Å². The Balaban J connectivity index is 2.31. The van der Waals surface area contributed by atoms with Gasteiger partial charge < -0.3 is 9.47 Å². The summed E-state index contributed by atoms with van der Waals surface area (Å²) < 4.78 is 35.8. The van der Waals surface area contributed by atoms with Crippen LogP contribution in [-0.4, -0.2) is 19.8 Å². The summed E-state index contributed by atoms with van der Waals surface area (Å²) in [5, 5.41) is 0. The van der Waals surface area contributed by atoms with Crippen molar-refractivity contribution in [2.75, 3.05) is 19.8 Å². The second-order valence-electron chi connectivity index (χ2n) is 2.99. The summed E-state index contributed by atoms with van der Waals surface area (Å²) in [4.78, 5) is 0. The lowest BCUT2D eigenvalue weighted by atomic mass is 10.2. The molecule has 0 radical (unpaired) electrons. The van der Waals surface area contributed by atoms with Crippen molar-refractivity contribution >= 4 is 0 Å². The van der Waals surface area contributed by atoms with Gasteiger partial charge in [-0.15, -0.1) is 0 Å². The van der Waals surface area contributed by atoms with Gasteiger partial charge in [-0.2, -0.15) is 0 Å². The third-order valence-electron chi connectivity index (χ3n) is 1.85. The van der Waals surface area contributed by atoms with Gasteiger partial charge in [-0.25, -0.2) is 8.78 Å². The fraction of sp³-hybridized carbons (Fsp3) is 0.455. The van der Waals surface area contributed by atoms with Gasteiger partial charge in [0.05, 0.1) is 19.8 Å². The van der Waals surface area contributed by atoms with Crippen LogP contribution >= 0.6 is 0 Å². The van der Waals surface area contributed by atoms with E-state index in [1.54, 1.807) is 0 Å². The van der Waals surface area contributed by atoms with Gasteiger partial charge in [0, 0.05) is 18.2 Å². The van der Waals surface area contributed by atoms with Crippen molar-refractivity contribution in [3.8, 4) is 0 Å². The quantitative estimate of drug-likeness (QED) is 0.680.